The molecule has 1 aromatic rings. The molecule has 114 valence electrons. The largest absolute Gasteiger partial charge is 0.323 e. The molecule has 2 bridgehead atoms. The summed E-state index contributed by atoms with van der Waals surface area (Å²) in [5.74, 6) is -1.22. The Morgan fingerprint density at radius 3 is 1.90 bits per heavy atom. The van der Waals surface area contributed by atoms with Gasteiger partial charge in [-0.05, 0) is 17.5 Å². The molecule has 0 radical (unpaired) electrons. The Bertz CT molecular complexity index is 536. The number of benzene rings is 1. The van der Waals surface area contributed by atoms with Crippen LogP contribution in [0.4, 0.5) is 5.69 Å². The lowest BCUT2D eigenvalue weighted by atomic mass is 9.67. The number of non-ortho nitro benzene ring substituents is 1. The van der Waals surface area contributed by atoms with Crippen LogP contribution in [-0.2, 0) is 20.2 Å². The molecule has 0 amide bonds. The van der Waals surface area contributed by atoms with Crippen LogP contribution >= 0.6 is 0 Å². The van der Waals surface area contributed by atoms with Crippen LogP contribution < -0.4 is 0 Å². The standard InChI is InChI=1S/C15H19NO5/c1-13(2,3)14-8-19-15(20-9-14,21-10-14)11-4-6-12(7-5-11)16(17)18/h4-7H,8-10H2,1-3H3. The van der Waals surface area contributed by atoms with E-state index in [2.05, 4.69) is 20.8 Å². The lowest BCUT2D eigenvalue weighted by molar-refractivity contribution is -0.489. The van der Waals surface area contributed by atoms with E-state index in [9.17, 15) is 10.1 Å². The fraction of sp³-hybridized carbons (Fsp3) is 0.600. The van der Waals surface area contributed by atoms with Gasteiger partial charge in [0.1, 0.15) is 0 Å². The minimum Gasteiger partial charge on any atom is -0.323 e. The van der Waals surface area contributed by atoms with Crippen molar-refractivity contribution in [3.05, 3.63) is 39.9 Å². The van der Waals surface area contributed by atoms with Crippen molar-refractivity contribution < 1.29 is 19.1 Å². The van der Waals surface area contributed by atoms with Crippen molar-refractivity contribution in [2.24, 2.45) is 10.8 Å². The topological polar surface area (TPSA) is 70.8 Å². The third-order valence-corrected chi connectivity index (χ3v) is 4.64. The Kier molecular flexibility index (Phi) is 3.09. The number of hydrogen-bond donors (Lipinski definition) is 0. The van der Waals surface area contributed by atoms with Gasteiger partial charge in [0.15, 0.2) is 0 Å². The fourth-order valence-corrected chi connectivity index (χ4v) is 2.64. The van der Waals surface area contributed by atoms with Gasteiger partial charge in [-0.15, -0.1) is 0 Å². The highest BCUT2D eigenvalue weighted by Gasteiger charge is 2.58. The second kappa shape index (κ2) is 4.50. The first-order valence-electron chi connectivity index (χ1n) is 6.95. The summed E-state index contributed by atoms with van der Waals surface area (Å²) in [4.78, 5) is 10.3. The highest BCUT2D eigenvalue weighted by Crippen LogP contribution is 2.51. The molecule has 0 aromatic heterocycles. The molecule has 0 unspecified atom stereocenters. The highest BCUT2D eigenvalue weighted by molar-refractivity contribution is 5.34. The highest BCUT2D eigenvalue weighted by atomic mass is 16.9. The van der Waals surface area contributed by atoms with Gasteiger partial charge >= 0.3 is 5.97 Å². The van der Waals surface area contributed by atoms with Gasteiger partial charge in [-0.3, -0.25) is 10.1 Å². The van der Waals surface area contributed by atoms with Crippen LogP contribution in [0.2, 0.25) is 0 Å². The maximum absolute atomic E-state index is 10.7. The Balaban J connectivity index is 1.84. The summed E-state index contributed by atoms with van der Waals surface area (Å²) in [6.07, 6.45) is 0. The minimum atomic E-state index is -1.22. The quantitative estimate of drug-likeness (QED) is 0.619. The van der Waals surface area contributed by atoms with Gasteiger partial charge < -0.3 is 14.2 Å². The molecule has 3 aliphatic heterocycles. The first kappa shape index (κ1) is 14.4. The van der Waals surface area contributed by atoms with Crippen LogP contribution in [0.25, 0.3) is 0 Å². The van der Waals surface area contributed by atoms with Crippen LogP contribution in [0, 0.1) is 20.9 Å². The van der Waals surface area contributed by atoms with E-state index in [1.165, 1.54) is 12.1 Å². The predicted molar refractivity (Wildman–Crippen MR) is 74.5 cm³/mol. The van der Waals surface area contributed by atoms with Crippen molar-refractivity contribution >= 4 is 5.69 Å². The monoisotopic (exact) mass is 293 g/mol. The van der Waals surface area contributed by atoms with E-state index in [0.29, 0.717) is 25.4 Å². The molecule has 21 heavy (non-hydrogen) atoms. The van der Waals surface area contributed by atoms with E-state index >= 15 is 0 Å². The minimum absolute atomic E-state index is 0.00898. The maximum Gasteiger partial charge on any atom is 0.312 e. The number of rotatable bonds is 2. The molecule has 0 saturated carbocycles. The molecular formula is C15H19NO5. The zero-order valence-electron chi connectivity index (χ0n) is 12.4. The molecule has 0 atom stereocenters. The third kappa shape index (κ3) is 2.14. The summed E-state index contributed by atoms with van der Waals surface area (Å²) in [7, 11) is 0. The summed E-state index contributed by atoms with van der Waals surface area (Å²) < 4.78 is 17.6. The van der Waals surface area contributed by atoms with Crippen molar-refractivity contribution in [3.63, 3.8) is 0 Å². The van der Waals surface area contributed by atoms with Gasteiger partial charge in [0.2, 0.25) is 0 Å². The van der Waals surface area contributed by atoms with Gasteiger partial charge in [-0.1, -0.05) is 20.8 Å². The Labute approximate surface area is 123 Å². The Morgan fingerprint density at radius 2 is 1.52 bits per heavy atom. The van der Waals surface area contributed by atoms with Crippen molar-refractivity contribution in [3.8, 4) is 0 Å². The molecule has 0 N–H and O–H groups in total. The third-order valence-electron chi connectivity index (χ3n) is 4.64. The average molecular weight is 293 g/mol. The zero-order chi connectivity index (χ0) is 15.3. The van der Waals surface area contributed by atoms with E-state index in [1.54, 1.807) is 12.1 Å². The average Bonchev–Trinajstić information content (AvgIpc) is 2.48. The summed E-state index contributed by atoms with van der Waals surface area (Å²) in [6, 6.07) is 6.10. The zero-order valence-corrected chi connectivity index (χ0v) is 12.4. The molecule has 6 nitrogen and oxygen atoms in total. The van der Waals surface area contributed by atoms with Crippen LogP contribution in [0.1, 0.15) is 26.3 Å². The fourth-order valence-electron chi connectivity index (χ4n) is 2.64. The molecular weight excluding hydrogens is 274 g/mol. The van der Waals surface area contributed by atoms with Gasteiger partial charge in [-0.2, -0.15) is 0 Å². The van der Waals surface area contributed by atoms with Crippen molar-refractivity contribution in [2.45, 2.75) is 26.7 Å². The van der Waals surface area contributed by atoms with Gasteiger partial charge in [0.25, 0.3) is 5.69 Å². The molecule has 3 heterocycles. The lowest BCUT2D eigenvalue weighted by Gasteiger charge is -2.56. The smallest absolute Gasteiger partial charge is 0.312 e. The number of hydrogen-bond acceptors (Lipinski definition) is 5. The molecule has 6 heteroatoms. The lowest BCUT2D eigenvalue weighted by Crippen LogP contribution is -2.62. The van der Waals surface area contributed by atoms with Crippen LogP contribution in [0.15, 0.2) is 24.3 Å². The van der Waals surface area contributed by atoms with Crippen molar-refractivity contribution in [1.29, 1.82) is 0 Å². The van der Waals surface area contributed by atoms with E-state index in [1.807, 2.05) is 0 Å². The molecule has 4 rings (SSSR count). The SMILES string of the molecule is CC(C)(C)C12COC(c3ccc([N+](=O)[O-])cc3)(OC1)OC2. The molecule has 0 spiro atoms. The summed E-state index contributed by atoms with van der Waals surface area (Å²) in [5, 5.41) is 10.7. The molecule has 3 aliphatic rings. The first-order chi connectivity index (χ1) is 9.78. The van der Waals surface area contributed by atoms with Crippen LogP contribution in [-0.4, -0.2) is 24.7 Å². The van der Waals surface area contributed by atoms with Gasteiger partial charge in [-0.25, -0.2) is 0 Å². The van der Waals surface area contributed by atoms with E-state index in [4.69, 9.17) is 14.2 Å². The molecule has 1 aromatic carbocycles. The normalized spacial score (nSPS) is 32.1. The van der Waals surface area contributed by atoms with Gasteiger partial charge in [0.05, 0.1) is 24.7 Å². The molecule has 3 saturated heterocycles. The van der Waals surface area contributed by atoms with Crippen LogP contribution in [0.5, 0.6) is 0 Å². The first-order valence-corrected chi connectivity index (χ1v) is 6.95. The predicted octanol–water partition coefficient (Wildman–Crippen LogP) is 2.81. The van der Waals surface area contributed by atoms with E-state index < -0.39 is 10.9 Å². The number of nitro groups is 1. The Hall–Kier alpha value is -1.50. The molecule has 3 fully saturated rings. The van der Waals surface area contributed by atoms with E-state index in [0.717, 1.165) is 0 Å². The van der Waals surface area contributed by atoms with Crippen LogP contribution in [0.3, 0.4) is 0 Å². The summed E-state index contributed by atoms with van der Waals surface area (Å²) >= 11 is 0. The van der Waals surface area contributed by atoms with Crippen molar-refractivity contribution in [1.82, 2.24) is 0 Å². The number of nitrogens with zero attached hydrogens (tertiary/aromatic N) is 1. The number of nitro benzene ring substituents is 1. The maximum atomic E-state index is 10.7. The second-order valence-electron chi connectivity index (χ2n) is 6.76. The number of fused-ring (bicyclic) bond motifs is 3. The van der Waals surface area contributed by atoms with Crippen molar-refractivity contribution in [2.75, 3.05) is 19.8 Å². The summed E-state index contributed by atoms with van der Waals surface area (Å²) in [5.41, 5.74) is 0.533. The summed E-state index contributed by atoms with van der Waals surface area (Å²) in [6.45, 7) is 8.09. The van der Waals surface area contributed by atoms with E-state index in [-0.39, 0.29) is 16.5 Å². The number of ether oxygens (including phenoxy) is 3. The Morgan fingerprint density at radius 1 is 1.05 bits per heavy atom. The molecule has 0 aliphatic carbocycles. The van der Waals surface area contributed by atoms with Gasteiger partial charge in [0, 0.05) is 23.1 Å². The second-order valence-corrected chi connectivity index (χ2v) is 6.76.